The molecule has 2 rings (SSSR count). The highest BCUT2D eigenvalue weighted by atomic mass is 16.6. The summed E-state index contributed by atoms with van der Waals surface area (Å²) in [6.45, 7) is 2.45. The van der Waals surface area contributed by atoms with Crippen molar-refractivity contribution in [1.29, 1.82) is 0 Å². The maximum Gasteiger partial charge on any atom is 0.269 e. The number of aliphatic hydroxyl groups is 1. The van der Waals surface area contributed by atoms with Crippen LogP contribution >= 0.6 is 0 Å². The van der Waals surface area contributed by atoms with E-state index < -0.39 is 28.2 Å². The van der Waals surface area contributed by atoms with Gasteiger partial charge in [-0.15, -0.1) is 0 Å². The summed E-state index contributed by atoms with van der Waals surface area (Å²) >= 11 is 0. The first-order valence-corrected chi connectivity index (χ1v) is 6.62. The molecule has 0 saturated heterocycles. The number of carbonyl (C=O) groups excluding carboxylic acids is 2. The zero-order valence-electron chi connectivity index (χ0n) is 12.1. The number of hydrogen-bond donors (Lipinski definition) is 1. The molecule has 22 heavy (non-hydrogen) atoms. The third-order valence-electron chi connectivity index (χ3n) is 3.56. The van der Waals surface area contributed by atoms with Gasteiger partial charge in [-0.1, -0.05) is 12.1 Å². The van der Waals surface area contributed by atoms with E-state index in [0.29, 0.717) is 5.56 Å². The van der Waals surface area contributed by atoms with Gasteiger partial charge in [-0.3, -0.25) is 19.7 Å². The van der Waals surface area contributed by atoms with E-state index in [4.69, 9.17) is 4.74 Å². The fraction of sp³-hybridized carbons (Fsp3) is 0.333. The molecule has 0 saturated carbocycles. The van der Waals surface area contributed by atoms with Crippen molar-refractivity contribution in [3.05, 3.63) is 51.8 Å². The molecule has 0 spiro atoms. The van der Waals surface area contributed by atoms with Gasteiger partial charge in [-0.05, 0) is 11.6 Å². The molecule has 0 bridgehead atoms. The molecule has 116 valence electrons. The summed E-state index contributed by atoms with van der Waals surface area (Å²) in [6, 6.07) is 5.73. The van der Waals surface area contributed by atoms with E-state index in [2.05, 4.69) is 0 Å². The molecule has 1 aromatic carbocycles. The van der Waals surface area contributed by atoms with Crippen LogP contribution in [0, 0.1) is 10.1 Å². The Hall–Kier alpha value is -2.54. The van der Waals surface area contributed by atoms with Crippen LogP contribution in [0.2, 0.25) is 0 Å². The van der Waals surface area contributed by atoms with E-state index in [1.807, 2.05) is 0 Å². The standard InChI is InChI=1S/C15H15NO6/c1-9(17)14-7-12(8-15(19,22-14)10(2)18)11-3-5-13(6-4-11)16(20)21/h3-7,12,19H,8H2,1-2H3. The third kappa shape index (κ3) is 3.04. The molecule has 0 aliphatic carbocycles. The van der Waals surface area contributed by atoms with Gasteiger partial charge in [0.1, 0.15) is 0 Å². The Morgan fingerprint density at radius 2 is 1.91 bits per heavy atom. The second-order valence-corrected chi connectivity index (χ2v) is 5.19. The predicted octanol–water partition coefficient (Wildman–Crippen LogP) is 1.85. The highest BCUT2D eigenvalue weighted by Gasteiger charge is 2.42. The normalized spacial score (nSPS) is 24.1. The second-order valence-electron chi connectivity index (χ2n) is 5.19. The molecule has 1 aliphatic rings. The Balaban J connectivity index is 2.39. The first-order valence-electron chi connectivity index (χ1n) is 6.62. The number of ketones is 2. The monoisotopic (exact) mass is 305 g/mol. The van der Waals surface area contributed by atoms with Crippen molar-refractivity contribution in [2.75, 3.05) is 0 Å². The summed E-state index contributed by atoms with van der Waals surface area (Å²) in [5.41, 5.74) is 0.584. The topological polar surface area (TPSA) is 107 Å². The van der Waals surface area contributed by atoms with Crippen LogP contribution in [-0.4, -0.2) is 27.4 Å². The van der Waals surface area contributed by atoms with E-state index in [-0.39, 0.29) is 17.9 Å². The lowest BCUT2D eigenvalue weighted by Crippen LogP contribution is -2.44. The molecule has 1 aromatic rings. The average molecular weight is 305 g/mol. The minimum absolute atomic E-state index is 0.0586. The lowest BCUT2D eigenvalue weighted by molar-refractivity contribution is -0.384. The zero-order valence-corrected chi connectivity index (χ0v) is 12.1. The molecular formula is C15H15NO6. The smallest absolute Gasteiger partial charge is 0.269 e. The van der Waals surface area contributed by atoms with Crippen molar-refractivity contribution in [2.24, 2.45) is 0 Å². The Kier molecular flexibility index (Phi) is 4.09. The van der Waals surface area contributed by atoms with Crippen molar-refractivity contribution in [2.45, 2.75) is 32.0 Å². The first kappa shape index (κ1) is 15.8. The van der Waals surface area contributed by atoms with E-state index in [9.17, 15) is 24.8 Å². The number of Topliss-reactive ketones (excluding diaryl/α,β-unsaturated/α-hetero) is 2. The number of rotatable bonds is 4. The van der Waals surface area contributed by atoms with Gasteiger partial charge < -0.3 is 9.84 Å². The molecule has 0 radical (unpaired) electrons. The van der Waals surface area contributed by atoms with Crippen LogP contribution in [-0.2, 0) is 14.3 Å². The van der Waals surface area contributed by atoms with Gasteiger partial charge in [0.25, 0.3) is 11.5 Å². The van der Waals surface area contributed by atoms with Crippen LogP contribution in [0.5, 0.6) is 0 Å². The van der Waals surface area contributed by atoms with Gasteiger partial charge in [0.2, 0.25) is 5.78 Å². The van der Waals surface area contributed by atoms with E-state index >= 15 is 0 Å². The molecule has 2 unspecified atom stereocenters. The van der Waals surface area contributed by atoms with Crippen molar-refractivity contribution in [1.82, 2.24) is 0 Å². The SMILES string of the molecule is CC(=O)C1=CC(c2ccc([N+](=O)[O-])cc2)CC(O)(C(C)=O)O1. The largest absolute Gasteiger partial charge is 0.452 e. The number of ether oxygens (including phenoxy) is 1. The van der Waals surface area contributed by atoms with Crippen LogP contribution in [0.15, 0.2) is 36.1 Å². The van der Waals surface area contributed by atoms with E-state index in [1.165, 1.54) is 44.2 Å². The molecule has 0 amide bonds. The third-order valence-corrected chi connectivity index (χ3v) is 3.56. The summed E-state index contributed by atoms with van der Waals surface area (Å²) in [5, 5.41) is 20.9. The van der Waals surface area contributed by atoms with Crippen LogP contribution in [0.3, 0.4) is 0 Å². The fourth-order valence-electron chi connectivity index (χ4n) is 2.26. The van der Waals surface area contributed by atoms with Gasteiger partial charge in [0.05, 0.1) is 4.92 Å². The quantitative estimate of drug-likeness (QED) is 0.672. The maximum atomic E-state index is 11.6. The molecule has 1 heterocycles. The fourth-order valence-corrected chi connectivity index (χ4v) is 2.26. The van der Waals surface area contributed by atoms with E-state index in [1.54, 1.807) is 0 Å². The van der Waals surface area contributed by atoms with Crippen LogP contribution < -0.4 is 0 Å². The molecular weight excluding hydrogens is 290 g/mol. The number of nitro benzene ring substituents is 1. The van der Waals surface area contributed by atoms with Gasteiger partial charge in [-0.2, -0.15) is 0 Å². The Labute approximate surface area is 126 Å². The molecule has 7 nitrogen and oxygen atoms in total. The van der Waals surface area contributed by atoms with Crippen molar-refractivity contribution >= 4 is 17.3 Å². The van der Waals surface area contributed by atoms with Crippen molar-refractivity contribution in [3.63, 3.8) is 0 Å². The summed E-state index contributed by atoms with van der Waals surface area (Å²) in [5.74, 6) is -3.63. The van der Waals surface area contributed by atoms with Crippen LogP contribution in [0.25, 0.3) is 0 Å². The minimum Gasteiger partial charge on any atom is -0.452 e. The van der Waals surface area contributed by atoms with Crippen molar-refractivity contribution < 1.29 is 24.4 Å². The van der Waals surface area contributed by atoms with Gasteiger partial charge in [0, 0.05) is 38.3 Å². The second kappa shape index (κ2) is 5.69. The molecule has 1 aliphatic heterocycles. The Morgan fingerprint density at radius 3 is 2.36 bits per heavy atom. The lowest BCUT2D eigenvalue weighted by atomic mass is 9.87. The number of nitro groups is 1. The average Bonchev–Trinajstić information content (AvgIpc) is 2.46. The summed E-state index contributed by atoms with van der Waals surface area (Å²) in [4.78, 5) is 33.3. The molecule has 1 N–H and O–H groups in total. The number of carbonyl (C=O) groups is 2. The minimum atomic E-state index is -2.07. The number of hydrogen-bond acceptors (Lipinski definition) is 6. The predicted molar refractivity (Wildman–Crippen MR) is 75.9 cm³/mol. The summed E-state index contributed by atoms with van der Waals surface area (Å²) in [7, 11) is 0. The van der Waals surface area contributed by atoms with Gasteiger partial charge >= 0.3 is 0 Å². The summed E-state index contributed by atoms with van der Waals surface area (Å²) < 4.78 is 5.12. The van der Waals surface area contributed by atoms with Gasteiger partial charge in [0.15, 0.2) is 11.5 Å². The molecule has 0 aromatic heterocycles. The summed E-state index contributed by atoms with van der Waals surface area (Å²) in [6.07, 6.45) is 1.46. The van der Waals surface area contributed by atoms with Crippen molar-refractivity contribution in [3.8, 4) is 0 Å². The Bertz CT molecular complexity index is 663. The first-order chi connectivity index (χ1) is 10.2. The highest BCUT2D eigenvalue weighted by molar-refractivity contribution is 5.93. The van der Waals surface area contributed by atoms with Gasteiger partial charge in [-0.25, -0.2) is 0 Å². The number of nitrogens with zero attached hydrogens (tertiary/aromatic N) is 1. The Morgan fingerprint density at radius 1 is 1.32 bits per heavy atom. The number of non-ortho nitro benzene ring substituents is 1. The van der Waals surface area contributed by atoms with Crippen LogP contribution in [0.1, 0.15) is 31.7 Å². The lowest BCUT2D eigenvalue weighted by Gasteiger charge is -2.34. The molecule has 2 atom stereocenters. The van der Waals surface area contributed by atoms with Crippen LogP contribution in [0.4, 0.5) is 5.69 Å². The molecule has 0 fully saturated rings. The number of benzene rings is 1. The highest BCUT2D eigenvalue weighted by Crippen LogP contribution is 2.36. The number of allylic oxidation sites excluding steroid dienone is 2. The molecule has 7 heteroatoms. The maximum absolute atomic E-state index is 11.6. The van der Waals surface area contributed by atoms with E-state index in [0.717, 1.165) is 0 Å². The zero-order chi connectivity index (χ0) is 16.5.